The summed E-state index contributed by atoms with van der Waals surface area (Å²) < 4.78 is 0. The van der Waals surface area contributed by atoms with Gasteiger partial charge in [-0.15, -0.1) is 0 Å². The van der Waals surface area contributed by atoms with E-state index in [1.807, 2.05) is 13.8 Å². The fourth-order valence-electron chi connectivity index (χ4n) is 3.16. The predicted octanol–water partition coefficient (Wildman–Crippen LogP) is 0.466. The summed E-state index contributed by atoms with van der Waals surface area (Å²) in [6.07, 6.45) is 0.637. The number of carbonyl (C=O) groups excluding carboxylic acids is 3. The number of carboxylic acids is 2. The molecule has 11 nitrogen and oxygen atoms in total. The number of aliphatic carboxylic acids is 2. The Morgan fingerprint density at radius 2 is 1.24 bits per heavy atom. The Morgan fingerprint density at radius 3 is 1.67 bits per heavy atom. The molecule has 0 aliphatic carbocycles. The number of hydrogen-bond acceptors (Lipinski definition) is 6. The number of carbonyl (C=O) groups is 5. The molecule has 0 aliphatic heterocycles. The Hall–Kier alpha value is -2.69. The minimum Gasteiger partial charge on any atom is -0.481 e. The van der Waals surface area contributed by atoms with Crippen molar-refractivity contribution in [3.05, 3.63) is 0 Å². The van der Waals surface area contributed by atoms with Crippen molar-refractivity contribution in [3.8, 4) is 0 Å². The molecule has 0 rings (SSSR count). The van der Waals surface area contributed by atoms with Crippen molar-refractivity contribution >= 4 is 29.7 Å². The van der Waals surface area contributed by atoms with Gasteiger partial charge in [-0.1, -0.05) is 54.4 Å². The first-order valence-corrected chi connectivity index (χ1v) is 11.4. The Kier molecular flexibility index (Phi) is 13.3. The van der Waals surface area contributed by atoms with E-state index in [1.54, 1.807) is 27.7 Å². The number of nitrogens with two attached hydrogens (primary N) is 1. The largest absolute Gasteiger partial charge is 0.481 e. The minimum atomic E-state index is -1.45. The van der Waals surface area contributed by atoms with E-state index >= 15 is 0 Å². The molecule has 0 aromatic heterocycles. The number of carboxylic acid groups (broad SMARTS) is 2. The Balaban J connectivity index is 5.62. The van der Waals surface area contributed by atoms with Crippen LogP contribution in [0.5, 0.6) is 0 Å². The molecule has 3 amide bonds. The van der Waals surface area contributed by atoms with Crippen molar-refractivity contribution in [2.24, 2.45) is 23.5 Å². The molecule has 33 heavy (non-hydrogen) atoms. The Bertz CT molecular complexity index is 698. The van der Waals surface area contributed by atoms with Crippen molar-refractivity contribution in [1.29, 1.82) is 0 Å². The fraction of sp³-hybridized carbons (Fsp3) is 0.773. The molecule has 0 spiro atoms. The maximum Gasteiger partial charge on any atom is 0.326 e. The summed E-state index contributed by atoms with van der Waals surface area (Å²) in [7, 11) is 0. The first kappa shape index (κ1) is 30.3. The topological polar surface area (TPSA) is 188 Å². The highest BCUT2D eigenvalue weighted by Crippen LogP contribution is 2.13. The van der Waals surface area contributed by atoms with Crippen LogP contribution in [0.1, 0.15) is 67.2 Å². The zero-order chi connectivity index (χ0) is 25.9. The van der Waals surface area contributed by atoms with Crippen molar-refractivity contribution < 1.29 is 34.2 Å². The second kappa shape index (κ2) is 14.5. The molecule has 190 valence electrons. The van der Waals surface area contributed by atoms with E-state index in [0.717, 1.165) is 0 Å². The molecule has 6 unspecified atom stereocenters. The fourth-order valence-corrected chi connectivity index (χ4v) is 3.16. The van der Waals surface area contributed by atoms with Crippen molar-refractivity contribution in [3.63, 3.8) is 0 Å². The molecule has 0 saturated carbocycles. The van der Waals surface area contributed by atoms with Crippen molar-refractivity contribution in [1.82, 2.24) is 16.0 Å². The van der Waals surface area contributed by atoms with Crippen LogP contribution in [0.4, 0.5) is 0 Å². The summed E-state index contributed by atoms with van der Waals surface area (Å²) in [5.74, 6) is -5.35. The zero-order valence-electron chi connectivity index (χ0n) is 20.4. The van der Waals surface area contributed by atoms with Crippen LogP contribution in [0.15, 0.2) is 0 Å². The van der Waals surface area contributed by atoms with Crippen LogP contribution in [0.2, 0.25) is 0 Å². The number of nitrogens with one attached hydrogen (secondary N) is 3. The average molecular weight is 473 g/mol. The lowest BCUT2D eigenvalue weighted by Crippen LogP contribution is -2.59. The van der Waals surface area contributed by atoms with Gasteiger partial charge in [-0.3, -0.25) is 19.2 Å². The van der Waals surface area contributed by atoms with Gasteiger partial charge >= 0.3 is 11.9 Å². The molecule has 0 aromatic rings. The lowest BCUT2D eigenvalue weighted by molar-refractivity contribution is -0.144. The molecule has 6 atom stereocenters. The minimum absolute atomic E-state index is 0.115. The van der Waals surface area contributed by atoms with Gasteiger partial charge in [-0.05, 0) is 24.2 Å². The summed E-state index contributed by atoms with van der Waals surface area (Å²) in [5.41, 5.74) is 5.83. The molecule has 0 aliphatic rings. The molecule has 0 fully saturated rings. The molecule has 0 aromatic carbocycles. The van der Waals surface area contributed by atoms with Gasteiger partial charge < -0.3 is 31.9 Å². The standard InChI is InChI=1S/C22H40N4O7/c1-7-12(5)17(21(31)26-18(22(32)33)13(6)8-2)25-20(30)15(10-16(27)28)24-19(29)14(23)9-11(3)4/h11-15,17-18H,7-10,23H2,1-6H3,(H,24,29)(H,25,30)(H,26,31)(H,27,28)(H,32,33). The highest BCUT2D eigenvalue weighted by molar-refractivity contribution is 5.95. The quantitative estimate of drug-likeness (QED) is 0.198. The molecule has 0 radical (unpaired) electrons. The summed E-state index contributed by atoms with van der Waals surface area (Å²) in [6.45, 7) is 10.7. The van der Waals surface area contributed by atoms with E-state index in [2.05, 4.69) is 16.0 Å². The van der Waals surface area contributed by atoms with Gasteiger partial charge in [0.15, 0.2) is 0 Å². The third-order valence-electron chi connectivity index (χ3n) is 5.64. The predicted molar refractivity (Wildman–Crippen MR) is 122 cm³/mol. The van der Waals surface area contributed by atoms with E-state index in [-0.39, 0.29) is 17.8 Å². The van der Waals surface area contributed by atoms with Crippen LogP contribution in [0.25, 0.3) is 0 Å². The van der Waals surface area contributed by atoms with Gasteiger partial charge in [0.2, 0.25) is 17.7 Å². The van der Waals surface area contributed by atoms with Gasteiger partial charge in [0.1, 0.15) is 18.1 Å². The van der Waals surface area contributed by atoms with Crippen LogP contribution >= 0.6 is 0 Å². The first-order valence-electron chi connectivity index (χ1n) is 11.4. The molecule has 11 heteroatoms. The number of hydrogen-bond donors (Lipinski definition) is 6. The molecular weight excluding hydrogens is 432 g/mol. The normalized spacial score (nSPS) is 16.6. The number of amides is 3. The summed E-state index contributed by atoms with van der Waals surface area (Å²) in [4.78, 5) is 61.0. The van der Waals surface area contributed by atoms with E-state index in [1.165, 1.54) is 0 Å². The molecule has 0 heterocycles. The average Bonchev–Trinajstić information content (AvgIpc) is 2.72. The van der Waals surface area contributed by atoms with Crippen LogP contribution in [0, 0.1) is 17.8 Å². The number of rotatable bonds is 15. The second-order valence-corrected chi connectivity index (χ2v) is 8.98. The highest BCUT2D eigenvalue weighted by Gasteiger charge is 2.34. The van der Waals surface area contributed by atoms with Gasteiger partial charge in [-0.25, -0.2) is 4.79 Å². The monoisotopic (exact) mass is 472 g/mol. The van der Waals surface area contributed by atoms with Crippen LogP contribution in [-0.2, 0) is 24.0 Å². The van der Waals surface area contributed by atoms with Crippen molar-refractivity contribution in [2.45, 2.75) is 91.4 Å². The van der Waals surface area contributed by atoms with Gasteiger partial charge in [-0.2, -0.15) is 0 Å². The highest BCUT2D eigenvalue weighted by atomic mass is 16.4. The SMILES string of the molecule is CCC(C)C(NC(=O)C(NC(=O)C(CC(=O)O)NC(=O)C(N)CC(C)C)C(C)CC)C(=O)O. The van der Waals surface area contributed by atoms with Gasteiger partial charge in [0, 0.05) is 0 Å². The third kappa shape index (κ3) is 10.6. The molecular formula is C22H40N4O7. The Labute approximate surface area is 195 Å². The van der Waals surface area contributed by atoms with E-state index < -0.39 is 60.2 Å². The van der Waals surface area contributed by atoms with E-state index in [4.69, 9.17) is 5.73 Å². The summed E-state index contributed by atoms with van der Waals surface area (Å²) in [6, 6.07) is -4.63. The molecule has 0 saturated heterocycles. The lowest BCUT2D eigenvalue weighted by Gasteiger charge is -2.29. The third-order valence-corrected chi connectivity index (χ3v) is 5.64. The van der Waals surface area contributed by atoms with E-state index in [9.17, 15) is 34.2 Å². The van der Waals surface area contributed by atoms with Gasteiger partial charge in [0.05, 0.1) is 12.5 Å². The molecule has 0 bridgehead atoms. The lowest BCUT2D eigenvalue weighted by atomic mass is 9.95. The van der Waals surface area contributed by atoms with Crippen molar-refractivity contribution in [2.75, 3.05) is 0 Å². The maximum atomic E-state index is 12.9. The Morgan fingerprint density at radius 1 is 0.758 bits per heavy atom. The van der Waals surface area contributed by atoms with Crippen LogP contribution in [0.3, 0.4) is 0 Å². The van der Waals surface area contributed by atoms with E-state index in [0.29, 0.717) is 19.3 Å². The second-order valence-electron chi connectivity index (χ2n) is 8.98. The summed E-state index contributed by atoms with van der Waals surface area (Å²) in [5, 5.41) is 26.0. The smallest absolute Gasteiger partial charge is 0.326 e. The summed E-state index contributed by atoms with van der Waals surface area (Å²) >= 11 is 0. The van der Waals surface area contributed by atoms with Gasteiger partial charge in [0.25, 0.3) is 0 Å². The van der Waals surface area contributed by atoms with Crippen LogP contribution in [-0.4, -0.2) is 64.0 Å². The van der Waals surface area contributed by atoms with Crippen LogP contribution < -0.4 is 21.7 Å². The first-order chi connectivity index (χ1) is 15.2. The molecule has 7 N–H and O–H groups in total. The maximum absolute atomic E-state index is 12.9. The zero-order valence-corrected chi connectivity index (χ0v) is 20.4.